The normalized spacial score (nSPS) is 18.0. The Hall–Kier alpha value is -1.73. The van der Waals surface area contributed by atoms with Gasteiger partial charge in [0.1, 0.15) is 6.04 Å². The number of carboxylic acids is 1. The molecular weight excluding hydrogens is 289 g/mol. The number of halogens is 3. The molecule has 0 aromatic heterocycles. The fraction of sp³-hybridized carbons (Fsp3) is 0.692. The zero-order chi connectivity index (χ0) is 16.4. The summed E-state index contributed by atoms with van der Waals surface area (Å²) in [6, 6.07) is -1.78. The number of alkyl halides is 3. The Morgan fingerprint density at radius 2 is 1.90 bits per heavy atom. The van der Waals surface area contributed by atoms with Crippen LogP contribution in [0.2, 0.25) is 0 Å². The number of rotatable bonds is 2. The average Bonchev–Trinajstić information content (AvgIpc) is 2.33. The molecule has 0 aromatic rings. The van der Waals surface area contributed by atoms with Crippen LogP contribution < -0.4 is 5.32 Å². The standard InChI is InChI=1S/C13H19F3N2O3/c1-12(2,3)9(10(19)20)17-11(21)18-6-4-8(5-7-18)13(14,15)16/h4,9H,5-7H2,1-3H3,(H,17,21)(H,19,20). The lowest BCUT2D eigenvalue weighted by Crippen LogP contribution is -2.54. The highest BCUT2D eigenvalue weighted by atomic mass is 19.4. The van der Waals surface area contributed by atoms with Gasteiger partial charge in [-0.1, -0.05) is 26.8 Å². The lowest BCUT2D eigenvalue weighted by molar-refractivity contribution is -0.142. The molecule has 0 saturated heterocycles. The van der Waals surface area contributed by atoms with Crippen LogP contribution in [0, 0.1) is 5.41 Å². The van der Waals surface area contributed by atoms with Crippen molar-refractivity contribution in [1.29, 1.82) is 0 Å². The summed E-state index contributed by atoms with van der Waals surface area (Å²) < 4.78 is 37.4. The maximum absolute atomic E-state index is 12.5. The van der Waals surface area contributed by atoms with Crippen molar-refractivity contribution in [2.45, 2.75) is 39.4 Å². The van der Waals surface area contributed by atoms with E-state index in [9.17, 15) is 22.8 Å². The number of nitrogens with one attached hydrogen (secondary N) is 1. The molecule has 2 amide bonds. The molecule has 5 nitrogen and oxygen atoms in total. The number of carbonyl (C=O) groups excluding carboxylic acids is 1. The van der Waals surface area contributed by atoms with Crippen LogP contribution in [0.25, 0.3) is 0 Å². The number of carbonyl (C=O) groups is 2. The molecule has 0 saturated carbocycles. The summed E-state index contributed by atoms with van der Waals surface area (Å²) in [5.41, 5.74) is -1.36. The molecule has 1 heterocycles. The Kier molecular flexibility index (Phi) is 4.91. The van der Waals surface area contributed by atoms with Crippen LogP contribution >= 0.6 is 0 Å². The molecule has 1 rings (SSSR count). The first-order chi connectivity index (χ1) is 9.43. The summed E-state index contributed by atoms with van der Waals surface area (Å²) >= 11 is 0. The van der Waals surface area contributed by atoms with Crippen molar-refractivity contribution in [3.63, 3.8) is 0 Å². The second-order valence-electron chi connectivity index (χ2n) is 6.01. The third kappa shape index (κ3) is 4.64. The van der Waals surface area contributed by atoms with Gasteiger partial charge in [0, 0.05) is 18.7 Å². The van der Waals surface area contributed by atoms with Crippen LogP contribution in [0.5, 0.6) is 0 Å². The van der Waals surface area contributed by atoms with Gasteiger partial charge in [-0.25, -0.2) is 9.59 Å². The molecule has 0 aliphatic carbocycles. The minimum atomic E-state index is -4.38. The fourth-order valence-corrected chi connectivity index (χ4v) is 1.97. The van der Waals surface area contributed by atoms with Gasteiger partial charge in [0.05, 0.1) is 0 Å². The van der Waals surface area contributed by atoms with Crippen molar-refractivity contribution in [1.82, 2.24) is 10.2 Å². The van der Waals surface area contributed by atoms with E-state index in [0.29, 0.717) is 0 Å². The third-order valence-corrected chi connectivity index (χ3v) is 3.24. The monoisotopic (exact) mass is 308 g/mol. The quantitative estimate of drug-likeness (QED) is 0.770. The second kappa shape index (κ2) is 5.95. The van der Waals surface area contributed by atoms with Gasteiger partial charge in [0.2, 0.25) is 0 Å². The van der Waals surface area contributed by atoms with Crippen LogP contribution in [-0.2, 0) is 4.79 Å². The highest BCUT2D eigenvalue weighted by Crippen LogP contribution is 2.30. The molecule has 1 aliphatic rings. The van der Waals surface area contributed by atoms with Crippen LogP contribution in [0.1, 0.15) is 27.2 Å². The number of hydrogen-bond acceptors (Lipinski definition) is 2. The number of aliphatic carboxylic acids is 1. The molecule has 2 N–H and O–H groups in total. The summed E-state index contributed by atoms with van der Waals surface area (Å²) in [4.78, 5) is 24.3. The zero-order valence-corrected chi connectivity index (χ0v) is 12.1. The van der Waals surface area contributed by atoms with E-state index in [1.54, 1.807) is 20.8 Å². The van der Waals surface area contributed by atoms with E-state index in [1.807, 2.05) is 0 Å². The Bertz CT molecular complexity index is 453. The van der Waals surface area contributed by atoms with Gasteiger partial charge in [-0.15, -0.1) is 0 Å². The molecule has 1 aliphatic heterocycles. The van der Waals surface area contributed by atoms with Gasteiger partial charge in [-0.2, -0.15) is 13.2 Å². The van der Waals surface area contributed by atoms with Crippen molar-refractivity contribution in [3.05, 3.63) is 11.6 Å². The van der Waals surface area contributed by atoms with E-state index in [2.05, 4.69) is 5.32 Å². The Labute approximate surface area is 120 Å². The number of amides is 2. The Balaban J connectivity index is 2.70. The zero-order valence-electron chi connectivity index (χ0n) is 12.1. The van der Waals surface area contributed by atoms with Crippen molar-refractivity contribution >= 4 is 12.0 Å². The lowest BCUT2D eigenvalue weighted by Gasteiger charge is -2.32. The first kappa shape index (κ1) is 17.3. The molecule has 21 heavy (non-hydrogen) atoms. The molecule has 1 atom stereocenters. The molecule has 120 valence electrons. The van der Waals surface area contributed by atoms with Crippen molar-refractivity contribution in [2.75, 3.05) is 13.1 Å². The maximum atomic E-state index is 12.5. The molecule has 1 unspecified atom stereocenters. The average molecular weight is 308 g/mol. The number of urea groups is 1. The summed E-state index contributed by atoms with van der Waals surface area (Å²) in [5.74, 6) is -1.18. The number of carboxylic acid groups (broad SMARTS) is 1. The van der Waals surface area contributed by atoms with E-state index in [1.165, 1.54) is 0 Å². The minimum Gasteiger partial charge on any atom is -0.480 e. The smallest absolute Gasteiger partial charge is 0.412 e. The van der Waals surface area contributed by atoms with Gasteiger partial charge in [-0.3, -0.25) is 0 Å². The van der Waals surface area contributed by atoms with Gasteiger partial charge in [0.25, 0.3) is 0 Å². The molecule has 0 fully saturated rings. The molecule has 0 radical (unpaired) electrons. The molecule has 0 aromatic carbocycles. The molecule has 0 bridgehead atoms. The SMILES string of the molecule is CC(C)(C)C(NC(=O)N1CC=C(C(F)(F)F)CC1)C(=O)O. The van der Waals surface area contributed by atoms with Gasteiger partial charge >= 0.3 is 18.2 Å². The summed E-state index contributed by atoms with van der Waals surface area (Å²) in [7, 11) is 0. The minimum absolute atomic E-state index is 0.0896. The number of nitrogens with zero attached hydrogens (tertiary/aromatic N) is 1. The number of hydrogen-bond donors (Lipinski definition) is 2. The molecule has 8 heteroatoms. The predicted octanol–water partition coefficient (Wildman–Crippen LogP) is 2.39. The van der Waals surface area contributed by atoms with Gasteiger partial charge < -0.3 is 15.3 Å². The maximum Gasteiger partial charge on any atom is 0.412 e. The first-order valence-corrected chi connectivity index (χ1v) is 6.47. The lowest BCUT2D eigenvalue weighted by atomic mass is 9.87. The van der Waals surface area contributed by atoms with Crippen LogP contribution in [0.15, 0.2) is 11.6 Å². The third-order valence-electron chi connectivity index (χ3n) is 3.24. The molecule has 0 spiro atoms. The van der Waals surface area contributed by atoms with Gasteiger partial charge in [0.15, 0.2) is 0 Å². The Morgan fingerprint density at radius 1 is 1.33 bits per heavy atom. The van der Waals surface area contributed by atoms with E-state index in [4.69, 9.17) is 5.11 Å². The highest BCUT2D eigenvalue weighted by Gasteiger charge is 2.37. The van der Waals surface area contributed by atoms with Crippen LogP contribution in [0.3, 0.4) is 0 Å². The summed E-state index contributed by atoms with van der Waals surface area (Å²) in [6.07, 6.45) is -3.71. The molecular formula is C13H19F3N2O3. The first-order valence-electron chi connectivity index (χ1n) is 6.47. The summed E-state index contributed by atoms with van der Waals surface area (Å²) in [6.45, 7) is 4.70. The Morgan fingerprint density at radius 3 is 2.24 bits per heavy atom. The van der Waals surface area contributed by atoms with E-state index in [0.717, 1.165) is 11.0 Å². The highest BCUT2D eigenvalue weighted by molar-refractivity contribution is 5.83. The van der Waals surface area contributed by atoms with Crippen molar-refractivity contribution in [2.24, 2.45) is 5.41 Å². The van der Waals surface area contributed by atoms with E-state index in [-0.39, 0.29) is 19.5 Å². The topological polar surface area (TPSA) is 69.6 Å². The van der Waals surface area contributed by atoms with Crippen LogP contribution in [0.4, 0.5) is 18.0 Å². The predicted molar refractivity (Wildman–Crippen MR) is 69.7 cm³/mol. The van der Waals surface area contributed by atoms with Crippen LogP contribution in [-0.4, -0.2) is 47.3 Å². The van der Waals surface area contributed by atoms with Crippen molar-refractivity contribution < 1.29 is 27.9 Å². The van der Waals surface area contributed by atoms with Crippen molar-refractivity contribution in [3.8, 4) is 0 Å². The van der Waals surface area contributed by atoms with Gasteiger partial charge in [-0.05, 0) is 11.8 Å². The van der Waals surface area contributed by atoms with E-state index < -0.39 is 35.2 Å². The largest absolute Gasteiger partial charge is 0.480 e. The van der Waals surface area contributed by atoms with E-state index >= 15 is 0 Å². The summed E-state index contributed by atoms with van der Waals surface area (Å²) in [5, 5.41) is 11.5. The fourth-order valence-electron chi connectivity index (χ4n) is 1.97. The second-order valence-corrected chi connectivity index (χ2v) is 6.01.